The van der Waals surface area contributed by atoms with Crippen molar-refractivity contribution < 1.29 is 5.11 Å². The predicted octanol–water partition coefficient (Wildman–Crippen LogP) is 4.40. The Kier molecular flexibility index (Phi) is 10.1. The molecule has 0 atom stereocenters. The van der Waals surface area contributed by atoms with Crippen molar-refractivity contribution in [2.75, 3.05) is 6.61 Å². The van der Waals surface area contributed by atoms with Gasteiger partial charge in [-0.05, 0) is 46.5 Å². The number of rotatable bonds is 8. The van der Waals surface area contributed by atoms with Crippen LogP contribution in [-0.4, -0.2) is 11.7 Å². The number of terminal acetylenes is 1. The summed E-state index contributed by atoms with van der Waals surface area (Å²) in [6.07, 6.45) is 16.7. The summed E-state index contributed by atoms with van der Waals surface area (Å²) in [4.78, 5) is 0. The van der Waals surface area contributed by atoms with Gasteiger partial charge in [-0.3, -0.25) is 0 Å². The van der Waals surface area contributed by atoms with E-state index < -0.39 is 0 Å². The molecule has 18 heavy (non-hydrogen) atoms. The second kappa shape index (κ2) is 10.9. The molecule has 0 amide bonds. The fourth-order valence-corrected chi connectivity index (χ4v) is 1.69. The van der Waals surface area contributed by atoms with E-state index in [1.165, 1.54) is 16.7 Å². The minimum absolute atomic E-state index is 0.147. The molecule has 0 fully saturated rings. The number of hydrogen-bond donors (Lipinski definition) is 1. The molecule has 0 radical (unpaired) electrons. The molecule has 0 saturated heterocycles. The molecule has 1 heteroatoms. The molecule has 0 aliphatic rings. The van der Waals surface area contributed by atoms with Crippen molar-refractivity contribution in [1.29, 1.82) is 0 Å². The number of aliphatic hydroxyl groups is 1. The molecule has 0 aliphatic heterocycles. The summed E-state index contributed by atoms with van der Waals surface area (Å²) in [5.41, 5.74) is 3.97. The van der Waals surface area contributed by atoms with Gasteiger partial charge in [0.2, 0.25) is 0 Å². The Morgan fingerprint density at radius 1 is 0.944 bits per heavy atom. The minimum atomic E-state index is 0.147. The zero-order valence-corrected chi connectivity index (χ0v) is 12.0. The summed E-state index contributed by atoms with van der Waals surface area (Å²) in [5, 5.41) is 8.74. The lowest BCUT2D eigenvalue weighted by Gasteiger charge is -2.01. The van der Waals surface area contributed by atoms with Crippen molar-refractivity contribution in [3.05, 3.63) is 34.9 Å². The van der Waals surface area contributed by atoms with Gasteiger partial charge in [0.1, 0.15) is 0 Å². The van der Waals surface area contributed by atoms with Gasteiger partial charge in [0.15, 0.2) is 0 Å². The molecular weight excluding hydrogens is 220 g/mol. The van der Waals surface area contributed by atoms with Crippen LogP contribution in [-0.2, 0) is 0 Å². The molecule has 100 valence electrons. The molecule has 0 rings (SSSR count). The molecule has 0 aromatic heterocycles. The van der Waals surface area contributed by atoms with Crippen molar-refractivity contribution >= 4 is 0 Å². The average molecular weight is 246 g/mol. The predicted molar refractivity (Wildman–Crippen MR) is 80.3 cm³/mol. The second-order valence-electron chi connectivity index (χ2n) is 4.79. The van der Waals surface area contributed by atoms with Crippen LogP contribution in [0.2, 0.25) is 0 Å². The van der Waals surface area contributed by atoms with Crippen molar-refractivity contribution in [3.8, 4) is 12.3 Å². The van der Waals surface area contributed by atoms with E-state index in [4.69, 9.17) is 11.5 Å². The Balaban J connectivity index is 3.89. The largest absolute Gasteiger partial charge is 0.392 e. The van der Waals surface area contributed by atoms with Gasteiger partial charge in [0.05, 0.1) is 6.61 Å². The van der Waals surface area contributed by atoms with E-state index in [0.29, 0.717) is 0 Å². The van der Waals surface area contributed by atoms with Crippen LogP contribution in [0.1, 0.15) is 52.9 Å². The van der Waals surface area contributed by atoms with Gasteiger partial charge >= 0.3 is 0 Å². The Labute approximate surface area is 112 Å². The fraction of sp³-hybridized carbons (Fsp3) is 0.529. The smallest absolute Gasteiger partial charge is 0.0614 e. The lowest BCUT2D eigenvalue weighted by molar-refractivity contribution is 0.341. The van der Waals surface area contributed by atoms with Gasteiger partial charge in [-0.15, -0.1) is 12.3 Å². The summed E-state index contributed by atoms with van der Waals surface area (Å²) >= 11 is 0. The Hall–Kier alpha value is -1.26. The van der Waals surface area contributed by atoms with E-state index in [-0.39, 0.29) is 6.61 Å². The first-order valence-corrected chi connectivity index (χ1v) is 6.61. The SMILES string of the molecule is C#CCC(C)=CCCC(C)=CCCC(C)=CCO. The Bertz CT molecular complexity index is 350. The van der Waals surface area contributed by atoms with Crippen LogP contribution in [0.5, 0.6) is 0 Å². The van der Waals surface area contributed by atoms with E-state index in [2.05, 4.69) is 38.8 Å². The van der Waals surface area contributed by atoms with Crippen LogP contribution >= 0.6 is 0 Å². The summed E-state index contributed by atoms with van der Waals surface area (Å²) in [7, 11) is 0. The molecular formula is C17H26O. The highest BCUT2D eigenvalue weighted by molar-refractivity contribution is 5.09. The third-order valence-electron chi connectivity index (χ3n) is 2.88. The monoisotopic (exact) mass is 246 g/mol. The molecule has 0 aromatic carbocycles. The quantitative estimate of drug-likeness (QED) is 0.497. The van der Waals surface area contributed by atoms with Crippen LogP contribution < -0.4 is 0 Å². The van der Waals surface area contributed by atoms with E-state index in [1.807, 2.05) is 6.08 Å². The van der Waals surface area contributed by atoms with Gasteiger partial charge in [-0.1, -0.05) is 34.9 Å². The maximum Gasteiger partial charge on any atom is 0.0614 e. The van der Waals surface area contributed by atoms with Gasteiger partial charge in [-0.25, -0.2) is 0 Å². The molecule has 0 unspecified atom stereocenters. The maximum absolute atomic E-state index is 8.74. The fourth-order valence-electron chi connectivity index (χ4n) is 1.69. The highest BCUT2D eigenvalue weighted by Gasteiger charge is 1.92. The van der Waals surface area contributed by atoms with Crippen LogP contribution in [0.3, 0.4) is 0 Å². The van der Waals surface area contributed by atoms with E-state index in [0.717, 1.165) is 32.1 Å². The highest BCUT2D eigenvalue weighted by atomic mass is 16.2. The first kappa shape index (κ1) is 16.7. The Morgan fingerprint density at radius 2 is 1.44 bits per heavy atom. The van der Waals surface area contributed by atoms with Gasteiger partial charge < -0.3 is 5.11 Å². The third-order valence-corrected chi connectivity index (χ3v) is 2.88. The maximum atomic E-state index is 8.74. The molecule has 1 N–H and O–H groups in total. The lowest BCUT2D eigenvalue weighted by Crippen LogP contribution is -1.82. The average Bonchev–Trinajstić information content (AvgIpc) is 2.29. The summed E-state index contributed by atoms with van der Waals surface area (Å²) in [6, 6.07) is 0. The van der Waals surface area contributed by atoms with Crippen molar-refractivity contribution in [3.63, 3.8) is 0 Å². The molecule has 0 bridgehead atoms. The van der Waals surface area contributed by atoms with Crippen molar-refractivity contribution in [2.45, 2.75) is 52.9 Å². The normalized spacial score (nSPS) is 13.6. The van der Waals surface area contributed by atoms with E-state index >= 15 is 0 Å². The summed E-state index contributed by atoms with van der Waals surface area (Å²) < 4.78 is 0. The number of aliphatic hydroxyl groups excluding tert-OH is 1. The third kappa shape index (κ3) is 9.93. The molecule has 1 nitrogen and oxygen atoms in total. The van der Waals surface area contributed by atoms with Crippen LogP contribution in [0.4, 0.5) is 0 Å². The topological polar surface area (TPSA) is 20.2 Å². The van der Waals surface area contributed by atoms with Crippen molar-refractivity contribution in [2.24, 2.45) is 0 Å². The molecule has 0 heterocycles. The zero-order valence-electron chi connectivity index (χ0n) is 12.0. The summed E-state index contributed by atoms with van der Waals surface area (Å²) in [6.45, 7) is 6.47. The first-order valence-electron chi connectivity index (χ1n) is 6.61. The minimum Gasteiger partial charge on any atom is -0.392 e. The lowest BCUT2D eigenvalue weighted by atomic mass is 10.1. The highest BCUT2D eigenvalue weighted by Crippen LogP contribution is 2.11. The van der Waals surface area contributed by atoms with Crippen LogP contribution in [0, 0.1) is 12.3 Å². The molecule has 0 spiro atoms. The molecule has 0 aromatic rings. The number of hydrogen-bond acceptors (Lipinski definition) is 1. The van der Waals surface area contributed by atoms with Gasteiger partial charge in [0.25, 0.3) is 0 Å². The summed E-state index contributed by atoms with van der Waals surface area (Å²) in [5.74, 6) is 2.65. The molecule has 0 aliphatic carbocycles. The molecule has 0 saturated carbocycles. The zero-order chi connectivity index (χ0) is 13.8. The Morgan fingerprint density at radius 3 is 1.94 bits per heavy atom. The van der Waals surface area contributed by atoms with Crippen LogP contribution in [0.25, 0.3) is 0 Å². The second-order valence-corrected chi connectivity index (χ2v) is 4.79. The van der Waals surface area contributed by atoms with Gasteiger partial charge in [-0.2, -0.15) is 0 Å². The first-order chi connectivity index (χ1) is 8.60. The van der Waals surface area contributed by atoms with Gasteiger partial charge in [0, 0.05) is 6.42 Å². The van der Waals surface area contributed by atoms with E-state index in [9.17, 15) is 0 Å². The number of allylic oxidation sites excluding steroid dienone is 5. The van der Waals surface area contributed by atoms with Crippen molar-refractivity contribution in [1.82, 2.24) is 0 Å². The van der Waals surface area contributed by atoms with Crippen LogP contribution in [0.15, 0.2) is 34.9 Å². The standard InChI is InChI=1S/C17H26O/c1-5-8-15(2)9-6-10-16(3)11-7-12-17(4)13-14-18/h1,9,11,13,18H,6-8,10,12,14H2,2-4H3. The van der Waals surface area contributed by atoms with E-state index in [1.54, 1.807) is 0 Å².